The fourth-order valence-electron chi connectivity index (χ4n) is 1.83. The molecule has 1 aromatic rings. The Kier molecular flexibility index (Phi) is 1.95. The fourth-order valence-corrected chi connectivity index (χ4v) is 1.83. The molecule has 1 aliphatic rings. The first-order valence-corrected chi connectivity index (χ1v) is 4.61. The normalized spacial score (nSPS) is 20.1. The lowest BCUT2D eigenvalue weighted by Crippen LogP contribution is -2.25. The van der Waals surface area contributed by atoms with Crippen molar-refractivity contribution in [3.8, 4) is 5.75 Å². The standard InChI is InChI=1S/C11H12O3/c1-6-3-8-5-7(2)14-11(13)10(8)9(12)4-6/h3-4,7,12H,5H2,1-2H3. The first-order chi connectivity index (χ1) is 6.58. The Morgan fingerprint density at radius 1 is 1.50 bits per heavy atom. The minimum absolute atomic E-state index is 0.0249. The van der Waals surface area contributed by atoms with Gasteiger partial charge in [-0.05, 0) is 31.0 Å². The molecule has 1 aromatic carbocycles. The zero-order valence-electron chi connectivity index (χ0n) is 8.20. The second kappa shape index (κ2) is 3.01. The van der Waals surface area contributed by atoms with Crippen molar-refractivity contribution in [3.63, 3.8) is 0 Å². The first-order valence-electron chi connectivity index (χ1n) is 4.61. The molecular weight excluding hydrogens is 180 g/mol. The van der Waals surface area contributed by atoms with Crippen LogP contribution in [0.15, 0.2) is 12.1 Å². The zero-order valence-corrected chi connectivity index (χ0v) is 8.20. The summed E-state index contributed by atoms with van der Waals surface area (Å²) in [5, 5.41) is 9.59. The van der Waals surface area contributed by atoms with Crippen molar-refractivity contribution in [2.45, 2.75) is 26.4 Å². The van der Waals surface area contributed by atoms with Gasteiger partial charge in [-0.2, -0.15) is 0 Å². The van der Waals surface area contributed by atoms with Crippen LogP contribution in [0.1, 0.15) is 28.4 Å². The minimum Gasteiger partial charge on any atom is -0.507 e. The number of cyclic esters (lactones) is 1. The third-order valence-electron chi connectivity index (χ3n) is 2.36. The van der Waals surface area contributed by atoms with Crippen LogP contribution >= 0.6 is 0 Å². The fraction of sp³-hybridized carbons (Fsp3) is 0.364. The molecule has 14 heavy (non-hydrogen) atoms. The molecular formula is C11H12O3. The van der Waals surface area contributed by atoms with E-state index in [4.69, 9.17) is 4.74 Å². The van der Waals surface area contributed by atoms with Crippen LogP contribution in [0.5, 0.6) is 5.75 Å². The summed E-state index contributed by atoms with van der Waals surface area (Å²) in [4.78, 5) is 11.4. The first kappa shape index (κ1) is 9.06. The molecule has 0 fully saturated rings. The lowest BCUT2D eigenvalue weighted by Gasteiger charge is -2.22. The molecule has 1 atom stereocenters. The van der Waals surface area contributed by atoms with E-state index >= 15 is 0 Å². The van der Waals surface area contributed by atoms with Crippen molar-refractivity contribution < 1.29 is 14.6 Å². The molecule has 3 heteroatoms. The van der Waals surface area contributed by atoms with Gasteiger partial charge in [0.1, 0.15) is 17.4 Å². The molecule has 0 saturated heterocycles. The van der Waals surface area contributed by atoms with E-state index in [1.807, 2.05) is 19.9 Å². The van der Waals surface area contributed by atoms with Gasteiger partial charge in [0.2, 0.25) is 0 Å². The van der Waals surface area contributed by atoms with Gasteiger partial charge in [-0.15, -0.1) is 0 Å². The number of carbonyl (C=O) groups is 1. The highest BCUT2D eigenvalue weighted by molar-refractivity contribution is 5.95. The third-order valence-corrected chi connectivity index (χ3v) is 2.36. The molecule has 0 saturated carbocycles. The van der Waals surface area contributed by atoms with Crippen LogP contribution in [0.2, 0.25) is 0 Å². The maximum atomic E-state index is 11.4. The molecule has 2 rings (SSSR count). The number of hydrogen-bond donors (Lipinski definition) is 1. The number of aryl methyl sites for hydroxylation is 1. The largest absolute Gasteiger partial charge is 0.507 e. The van der Waals surface area contributed by atoms with E-state index in [0.717, 1.165) is 11.1 Å². The van der Waals surface area contributed by atoms with Crippen LogP contribution in [0.4, 0.5) is 0 Å². The van der Waals surface area contributed by atoms with Crippen molar-refractivity contribution >= 4 is 5.97 Å². The van der Waals surface area contributed by atoms with Gasteiger partial charge >= 0.3 is 5.97 Å². The Labute approximate surface area is 82.3 Å². The Hall–Kier alpha value is -1.51. The molecule has 0 amide bonds. The second-order valence-electron chi connectivity index (χ2n) is 3.74. The predicted octanol–water partition coefficient (Wildman–Crippen LogP) is 1.80. The van der Waals surface area contributed by atoms with E-state index in [2.05, 4.69) is 0 Å². The Morgan fingerprint density at radius 2 is 2.21 bits per heavy atom. The monoisotopic (exact) mass is 192 g/mol. The topological polar surface area (TPSA) is 46.5 Å². The molecule has 1 unspecified atom stereocenters. The van der Waals surface area contributed by atoms with Gasteiger partial charge in [0.15, 0.2) is 0 Å². The van der Waals surface area contributed by atoms with Gasteiger partial charge in [0.25, 0.3) is 0 Å². The lowest BCUT2D eigenvalue weighted by atomic mass is 9.96. The average Bonchev–Trinajstić information content (AvgIpc) is 1.99. The smallest absolute Gasteiger partial charge is 0.342 e. The molecule has 0 spiro atoms. The predicted molar refractivity (Wildman–Crippen MR) is 51.4 cm³/mol. The highest BCUT2D eigenvalue weighted by Crippen LogP contribution is 2.29. The van der Waals surface area contributed by atoms with Gasteiger partial charge in [-0.1, -0.05) is 6.07 Å². The summed E-state index contributed by atoms with van der Waals surface area (Å²) in [7, 11) is 0. The van der Waals surface area contributed by atoms with Crippen molar-refractivity contribution in [2.24, 2.45) is 0 Å². The van der Waals surface area contributed by atoms with Gasteiger partial charge in [0, 0.05) is 6.42 Å². The van der Waals surface area contributed by atoms with Crippen LogP contribution in [0.3, 0.4) is 0 Å². The number of rotatable bonds is 0. The molecule has 1 aliphatic heterocycles. The summed E-state index contributed by atoms with van der Waals surface area (Å²) < 4.78 is 5.03. The Balaban J connectivity index is 2.59. The summed E-state index contributed by atoms with van der Waals surface area (Å²) in [6.07, 6.45) is 0.576. The highest BCUT2D eigenvalue weighted by atomic mass is 16.5. The maximum absolute atomic E-state index is 11.4. The van der Waals surface area contributed by atoms with Gasteiger partial charge in [0.05, 0.1) is 0 Å². The van der Waals surface area contributed by atoms with Crippen LogP contribution < -0.4 is 0 Å². The average molecular weight is 192 g/mol. The van der Waals surface area contributed by atoms with Crippen LogP contribution in [0.25, 0.3) is 0 Å². The third kappa shape index (κ3) is 1.35. The van der Waals surface area contributed by atoms with E-state index in [9.17, 15) is 9.90 Å². The van der Waals surface area contributed by atoms with E-state index < -0.39 is 5.97 Å². The minimum atomic E-state index is -0.420. The number of aromatic hydroxyl groups is 1. The maximum Gasteiger partial charge on any atom is 0.342 e. The number of phenols is 1. The summed E-state index contributed by atoms with van der Waals surface area (Å²) in [6.45, 7) is 3.74. The number of ether oxygens (including phenoxy) is 1. The molecule has 1 N–H and O–H groups in total. The SMILES string of the molecule is Cc1cc(O)c2c(c1)CC(C)OC2=O. The Bertz CT molecular complexity index is 396. The van der Waals surface area contributed by atoms with Crippen LogP contribution in [-0.4, -0.2) is 17.2 Å². The van der Waals surface area contributed by atoms with Crippen LogP contribution in [-0.2, 0) is 11.2 Å². The van der Waals surface area contributed by atoms with Crippen molar-refractivity contribution in [1.29, 1.82) is 0 Å². The van der Waals surface area contributed by atoms with Crippen LogP contribution in [0, 0.1) is 6.92 Å². The van der Waals surface area contributed by atoms with Crippen molar-refractivity contribution in [2.75, 3.05) is 0 Å². The molecule has 0 bridgehead atoms. The summed E-state index contributed by atoms with van der Waals surface area (Å²) in [5.74, 6) is -0.395. The van der Waals surface area contributed by atoms with E-state index in [-0.39, 0.29) is 11.9 Å². The number of phenolic OH excluding ortho intramolecular Hbond substituents is 1. The summed E-state index contributed by atoms with van der Waals surface area (Å²) in [5.41, 5.74) is 2.17. The molecule has 0 aliphatic carbocycles. The molecule has 74 valence electrons. The number of benzene rings is 1. The summed E-state index contributed by atoms with van der Waals surface area (Å²) in [6, 6.07) is 3.50. The van der Waals surface area contributed by atoms with Crippen molar-refractivity contribution in [1.82, 2.24) is 0 Å². The molecule has 1 heterocycles. The van der Waals surface area contributed by atoms with E-state index in [1.54, 1.807) is 6.07 Å². The lowest BCUT2D eigenvalue weighted by molar-refractivity contribution is 0.0297. The molecule has 3 nitrogen and oxygen atoms in total. The Morgan fingerprint density at radius 3 is 2.93 bits per heavy atom. The van der Waals surface area contributed by atoms with E-state index in [0.29, 0.717) is 12.0 Å². The molecule has 0 radical (unpaired) electrons. The van der Waals surface area contributed by atoms with Gasteiger partial charge < -0.3 is 9.84 Å². The number of hydrogen-bond acceptors (Lipinski definition) is 3. The number of esters is 1. The number of fused-ring (bicyclic) bond motifs is 1. The second-order valence-corrected chi connectivity index (χ2v) is 3.74. The van der Waals surface area contributed by atoms with Crippen molar-refractivity contribution in [3.05, 3.63) is 28.8 Å². The number of carbonyl (C=O) groups excluding carboxylic acids is 1. The quantitative estimate of drug-likeness (QED) is 0.637. The van der Waals surface area contributed by atoms with E-state index in [1.165, 1.54) is 0 Å². The zero-order chi connectivity index (χ0) is 10.3. The highest BCUT2D eigenvalue weighted by Gasteiger charge is 2.26. The van der Waals surface area contributed by atoms with Gasteiger partial charge in [-0.3, -0.25) is 0 Å². The summed E-state index contributed by atoms with van der Waals surface area (Å²) >= 11 is 0. The van der Waals surface area contributed by atoms with Gasteiger partial charge in [-0.25, -0.2) is 4.79 Å². The molecule has 0 aromatic heterocycles.